The highest BCUT2D eigenvalue weighted by atomic mass is 19.1. The lowest BCUT2D eigenvalue weighted by Crippen LogP contribution is -2.19. The van der Waals surface area contributed by atoms with Crippen molar-refractivity contribution in [2.24, 2.45) is 0 Å². The van der Waals surface area contributed by atoms with E-state index >= 15 is 0 Å². The number of tetrazole rings is 1. The summed E-state index contributed by atoms with van der Waals surface area (Å²) in [4.78, 5) is 10.9. The minimum atomic E-state index is -1.33. The van der Waals surface area contributed by atoms with Crippen molar-refractivity contribution in [3.8, 4) is 5.69 Å². The fraction of sp³-hybridized carbons (Fsp3) is 0.333. The highest BCUT2D eigenvalue weighted by Crippen LogP contribution is 2.22. The van der Waals surface area contributed by atoms with Crippen LogP contribution in [0.5, 0.6) is 0 Å². The number of carboxylic acid groups (broad SMARTS) is 1. The Kier molecular flexibility index (Phi) is 3.05. The molecule has 1 heterocycles. The maximum absolute atomic E-state index is 13.4. The number of aromatic nitrogens is 4. The van der Waals surface area contributed by atoms with Gasteiger partial charge in [-0.25, -0.2) is 9.18 Å². The van der Waals surface area contributed by atoms with Crippen LogP contribution in [0.4, 0.5) is 4.39 Å². The number of rotatable bonds is 2. The molecule has 0 saturated carbocycles. The van der Waals surface area contributed by atoms with Gasteiger partial charge in [-0.1, -0.05) is 20.8 Å². The molecule has 0 bridgehead atoms. The largest absolute Gasteiger partial charge is 0.478 e. The second-order valence-corrected chi connectivity index (χ2v) is 5.13. The number of nitrogens with zero attached hydrogens (tertiary/aromatic N) is 4. The zero-order chi connectivity index (χ0) is 14.2. The van der Waals surface area contributed by atoms with Crippen LogP contribution in [0, 0.1) is 5.82 Å². The molecule has 0 fully saturated rings. The fourth-order valence-electron chi connectivity index (χ4n) is 1.64. The third-order valence-electron chi connectivity index (χ3n) is 2.57. The molecule has 0 aliphatic carbocycles. The molecule has 6 nitrogen and oxygen atoms in total. The lowest BCUT2D eigenvalue weighted by molar-refractivity contribution is 0.0692. The normalized spacial score (nSPS) is 11.6. The molecule has 0 spiro atoms. The van der Waals surface area contributed by atoms with Gasteiger partial charge in [-0.3, -0.25) is 0 Å². The lowest BCUT2D eigenvalue weighted by atomic mass is 9.95. The highest BCUT2D eigenvalue weighted by Gasteiger charge is 2.23. The standard InChI is InChI=1S/C12H13FN4O2/c1-12(2,3)11-14-15-16-17(11)7-4-5-9(13)8(6-7)10(18)19/h4-6H,1-3H3,(H,18,19). The zero-order valence-electron chi connectivity index (χ0n) is 10.8. The molecule has 19 heavy (non-hydrogen) atoms. The van der Waals surface area contributed by atoms with E-state index in [2.05, 4.69) is 15.5 Å². The number of benzene rings is 1. The van der Waals surface area contributed by atoms with Gasteiger partial charge in [0.05, 0.1) is 11.3 Å². The van der Waals surface area contributed by atoms with Crippen molar-refractivity contribution < 1.29 is 14.3 Å². The molecule has 0 amide bonds. The molecule has 0 aliphatic rings. The van der Waals surface area contributed by atoms with Crippen LogP contribution in [0.15, 0.2) is 18.2 Å². The van der Waals surface area contributed by atoms with Crippen molar-refractivity contribution >= 4 is 5.97 Å². The minimum Gasteiger partial charge on any atom is -0.478 e. The number of hydrogen-bond donors (Lipinski definition) is 1. The first-order chi connectivity index (χ1) is 8.80. The number of carbonyl (C=O) groups is 1. The van der Waals surface area contributed by atoms with Crippen LogP contribution in [0.1, 0.15) is 37.0 Å². The van der Waals surface area contributed by atoms with Crippen molar-refractivity contribution in [1.82, 2.24) is 20.2 Å². The Balaban J connectivity index is 2.58. The molecule has 1 N–H and O–H groups in total. The monoisotopic (exact) mass is 264 g/mol. The van der Waals surface area contributed by atoms with Crippen molar-refractivity contribution in [1.29, 1.82) is 0 Å². The molecule has 1 aromatic carbocycles. The Bertz CT molecular complexity index is 631. The van der Waals surface area contributed by atoms with E-state index in [0.29, 0.717) is 11.5 Å². The van der Waals surface area contributed by atoms with Crippen LogP contribution in [-0.2, 0) is 5.41 Å². The molecular formula is C12H13FN4O2. The quantitative estimate of drug-likeness (QED) is 0.894. The predicted octanol–water partition coefficient (Wildman–Crippen LogP) is 1.80. The molecule has 0 aliphatic heterocycles. The summed E-state index contributed by atoms with van der Waals surface area (Å²) in [5, 5.41) is 20.2. The van der Waals surface area contributed by atoms with Crippen LogP contribution in [0.2, 0.25) is 0 Å². The molecule has 7 heteroatoms. The van der Waals surface area contributed by atoms with Gasteiger partial charge in [0, 0.05) is 5.41 Å². The first-order valence-corrected chi connectivity index (χ1v) is 5.63. The molecule has 2 aromatic rings. The molecule has 0 unspecified atom stereocenters. The van der Waals surface area contributed by atoms with Crippen LogP contribution in [-0.4, -0.2) is 31.3 Å². The van der Waals surface area contributed by atoms with Crippen molar-refractivity contribution in [3.63, 3.8) is 0 Å². The molecule has 100 valence electrons. The van der Waals surface area contributed by atoms with Crippen LogP contribution >= 0.6 is 0 Å². The Morgan fingerprint density at radius 1 is 1.37 bits per heavy atom. The number of hydrogen-bond acceptors (Lipinski definition) is 4. The Labute approximate surface area is 108 Å². The van der Waals surface area contributed by atoms with Gasteiger partial charge in [-0.15, -0.1) is 5.10 Å². The van der Waals surface area contributed by atoms with E-state index in [1.165, 1.54) is 16.8 Å². The van der Waals surface area contributed by atoms with E-state index in [4.69, 9.17) is 5.11 Å². The lowest BCUT2D eigenvalue weighted by Gasteiger charge is -2.17. The molecule has 1 aromatic heterocycles. The summed E-state index contributed by atoms with van der Waals surface area (Å²) in [7, 11) is 0. The maximum atomic E-state index is 13.4. The first-order valence-electron chi connectivity index (χ1n) is 5.63. The maximum Gasteiger partial charge on any atom is 0.338 e. The van der Waals surface area contributed by atoms with Gasteiger partial charge in [0.15, 0.2) is 5.82 Å². The topological polar surface area (TPSA) is 80.9 Å². The Hall–Kier alpha value is -2.31. The van der Waals surface area contributed by atoms with Crippen molar-refractivity contribution in [2.75, 3.05) is 0 Å². The number of aromatic carboxylic acids is 1. The van der Waals surface area contributed by atoms with E-state index in [1.807, 2.05) is 20.8 Å². The summed E-state index contributed by atoms with van der Waals surface area (Å²) < 4.78 is 14.8. The summed E-state index contributed by atoms with van der Waals surface area (Å²) >= 11 is 0. The van der Waals surface area contributed by atoms with Gasteiger partial charge in [-0.05, 0) is 28.6 Å². The summed E-state index contributed by atoms with van der Waals surface area (Å²) in [6.45, 7) is 5.78. The Morgan fingerprint density at radius 2 is 2.05 bits per heavy atom. The van der Waals surface area contributed by atoms with Gasteiger partial charge >= 0.3 is 5.97 Å². The van der Waals surface area contributed by atoms with E-state index in [1.54, 1.807) is 0 Å². The third-order valence-corrected chi connectivity index (χ3v) is 2.57. The van der Waals surface area contributed by atoms with Gasteiger partial charge in [0.25, 0.3) is 0 Å². The van der Waals surface area contributed by atoms with Gasteiger partial charge in [0.1, 0.15) is 5.82 Å². The Morgan fingerprint density at radius 3 is 2.63 bits per heavy atom. The summed E-state index contributed by atoms with van der Waals surface area (Å²) in [6, 6.07) is 3.74. The molecular weight excluding hydrogens is 251 g/mol. The number of carboxylic acids is 1. The van der Waals surface area contributed by atoms with Crippen molar-refractivity contribution in [3.05, 3.63) is 35.4 Å². The summed E-state index contributed by atoms with van der Waals surface area (Å²) in [6.07, 6.45) is 0. The van der Waals surface area contributed by atoms with E-state index < -0.39 is 17.3 Å². The number of halogens is 1. The second-order valence-electron chi connectivity index (χ2n) is 5.13. The average molecular weight is 264 g/mol. The zero-order valence-corrected chi connectivity index (χ0v) is 10.8. The minimum absolute atomic E-state index is 0.318. The smallest absolute Gasteiger partial charge is 0.338 e. The van der Waals surface area contributed by atoms with Crippen LogP contribution in [0.25, 0.3) is 5.69 Å². The first kappa shape index (κ1) is 13.1. The van der Waals surface area contributed by atoms with E-state index in [9.17, 15) is 9.18 Å². The molecule has 0 radical (unpaired) electrons. The van der Waals surface area contributed by atoms with Gasteiger partial charge in [0.2, 0.25) is 0 Å². The fourth-order valence-corrected chi connectivity index (χ4v) is 1.64. The SMILES string of the molecule is CC(C)(C)c1nnnn1-c1ccc(F)c(C(=O)O)c1. The van der Waals surface area contributed by atoms with E-state index in [0.717, 1.165) is 6.07 Å². The summed E-state index contributed by atoms with van der Waals surface area (Å²) in [5.41, 5.74) is -0.317. The second kappa shape index (κ2) is 4.42. The highest BCUT2D eigenvalue weighted by molar-refractivity contribution is 5.88. The van der Waals surface area contributed by atoms with Crippen LogP contribution in [0.3, 0.4) is 0 Å². The predicted molar refractivity (Wildman–Crippen MR) is 64.8 cm³/mol. The summed E-state index contributed by atoms with van der Waals surface area (Å²) in [5.74, 6) is -1.55. The van der Waals surface area contributed by atoms with Crippen LogP contribution < -0.4 is 0 Å². The van der Waals surface area contributed by atoms with Gasteiger partial charge in [-0.2, -0.15) is 4.68 Å². The molecule has 2 rings (SSSR count). The third kappa shape index (κ3) is 2.44. The van der Waals surface area contributed by atoms with Gasteiger partial charge < -0.3 is 5.11 Å². The average Bonchev–Trinajstić information content (AvgIpc) is 2.77. The van der Waals surface area contributed by atoms with E-state index in [-0.39, 0.29) is 5.41 Å². The molecule has 0 atom stereocenters. The van der Waals surface area contributed by atoms with Crippen molar-refractivity contribution in [2.45, 2.75) is 26.2 Å². The molecule has 0 saturated heterocycles.